The predicted octanol–water partition coefficient (Wildman–Crippen LogP) is 4.71. The summed E-state index contributed by atoms with van der Waals surface area (Å²) in [6.07, 6.45) is -0.539. The smallest absolute Gasteiger partial charge is 0.120 e. The van der Waals surface area contributed by atoms with Crippen LogP contribution in [-0.4, -0.2) is 55.4 Å². The average Bonchev–Trinajstić information content (AvgIpc) is 2.74. The van der Waals surface area contributed by atoms with Gasteiger partial charge in [-0.3, -0.25) is 4.90 Å². The van der Waals surface area contributed by atoms with E-state index in [-0.39, 0.29) is 6.61 Å². The van der Waals surface area contributed by atoms with Crippen LogP contribution < -0.4 is 9.64 Å². The number of piperazine rings is 1. The summed E-state index contributed by atoms with van der Waals surface area (Å²) in [5.74, 6) is 0.781. The van der Waals surface area contributed by atoms with Crippen molar-refractivity contribution < 1.29 is 9.84 Å². The van der Waals surface area contributed by atoms with Crippen LogP contribution in [0, 0.1) is 0 Å². The third-order valence-corrected chi connectivity index (χ3v) is 5.81. The van der Waals surface area contributed by atoms with Crippen LogP contribution in [0.25, 0.3) is 10.8 Å². The molecule has 29 heavy (non-hydrogen) atoms. The zero-order valence-electron chi connectivity index (χ0n) is 16.1. The lowest BCUT2D eigenvalue weighted by atomic mass is 10.1. The maximum absolute atomic E-state index is 10.4. The molecule has 1 fully saturated rings. The third-order valence-electron chi connectivity index (χ3n) is 5.25. The van der Waals surface area contributed by atoms with Gasteiger partial charge in [0.05, 0.1) is 10.7 Å². The molecule has 0 spiro atoms. The number of anilines is 1. The first-order chi connectivity index (χ1) is 14.1. The van der Waals surface area contributed by atoms with Gasteiger partial charge in [0, 0.05) is 37.7 Å². The Kier molecular flexibility index (Phi) is 6.46. The Hall–Kier alpha value is -1.98. The van der Waals surface area contributed by atoms with Crippen molar-refractivity contribution in [2.75, 3.05) is 44.2 Å². The molecule has 1 saturated heterocycles. The molecule has 1 aliphatic rings. The number of aliphatic hydroxyl groups is 1. The largest absolute Gasteiger partial charge is 0.491 e. The number of hydrogen-bond acceptors (Lipinski definition) is 4. The zero-order chi connectivity index (χ0) is 20.2. The van der Waals surface area contributed by atoms with Gasteiger partial charge < -0.3 is 14.7 Å². The molecule has 1 N–H and O–H groups in total. The lowest BCUT2D eigenvalue weighted by Gasteiger charge is -2.37. The predicted molar refractivity (Wildman–Crippen MR) is 121 cm³/mol. The lowest BCUT2D eigenvalue weighted by molar-refractivity contribution is 0.0663. The molecule has 1 heterocycles. The molecule has 1 unspecified atom stereocenters. The first-order valence-electron chi connectivity index (χ1n) is 9.80. The number of benzene rings is 3. The van der Waals surface area contributed by atoms with E-state index in [1.165, 1.54) is 5.39 Å². The van der Waals surface area contributed by atoms with E-state index >= 15 is 0 Å². The van der Waals surface area contributed by atoms with Gasteiger partial charge in [0.2, 0.25) is 0 Å². The number of aliphatic hydroxyl groups excluding tert-OH is 1. The van der Waals surface area contributed by atoms with Gasteiger partial charge in [-0.25, -0.2) is 0 Å². The van der Waals surface area contributed by atoms with Crippen LogP contribution in [-0.2, 0) is 0 Å². The van der Waals surface area contributed by atoms with Gasteiger partial charge in [0.25, 0.3) is 0 Å². The van der Waals surface area contributed by atoms with E-state index in [0.717, 1.165) is 43.0 Å². The highest BCUT2D eigenvalue weighted by atomic mass is 35.5. The normalized spacial score (nSPS) is 16.2. The standard InChI is InChI=1S/C23H24Cl2N2O2/c24-19-6-8-22(25)23(14-19)27-11-9-26(10-12-27)15-20(28)16-29-21-7-5-17-3-1-2-4-18(17)13-21/h1-8,13-14,20,28H,9-12,15-16H2. The van der Waals surface area contributed by atoms with Crippen molar-refractivity contribution in [2.24, 2.45) is 0 Å². The van der Waals surface area contributed by atoms with Gasteiger partial charge in [-0.1, -0.05) is 53.5 Å². The second kappa shape index (κ2) is 9.23. The Morgan fingerprint density at radius 3 is 2.45 bits per heavy atom. The molecule has 6 heteroatoms. The first kappa shape index (κ1) is 20.3. The number of nitrogens with zero attached hydrogens (tertiary/aromatic N) is 2. The van der Waals surface area contributed by atoms with Crippen molar-refractivity contribution >= 4 is 39.7 Å². The maximum Gasteiger partial charge on any atom is 0.120 e. The van der Waals surface area contributed by atoms with Crippen molar-refractivity contribution in [1.29, 1.82) is 0 Å². The summed E-state index contributed by atoms with van der Waals surface area (Å²) in [5.41, 5.74) is 0.971. The Labute approximate surface area is 181 Å². The topological polar surface area (TPSA) is 35.9 Å². The molecule has 0 amide bonds. The molecule has 4 nitrogen and oxygen atoms in total. The SMILES string of the molecule is OC(COc1ccc2ccccc2c1)CN1CCN(c2cc(Cl)ccc2Cl)CC1. The van der Waals surface area contributed by atoms with Gasteiger partial charge in [0.1, 0.15) is 18.5 Å². The van der Waals surface area contributed by atoms with E-state index < -0.39 is 6.10 Å². The molecule has 0 aliphatic carbocycles. The van der Waals surface area contributed by atoms with Crippen LogP contribution in [0.5, 0.6) is 5.75 Å². The lowest BCUT2D eigenvalue weighted by Crippen LogP contribution is -2.49. The molecule has 3 aromatic rings. The highest BCUT2D eigenvalue weighted by Crippen LogP contribution is 2.29. The minimum Gasteiger partial charge on any atom is -0.491 e. The Morgan fingerprint density at radius 2 is 1.66 bits per heavy atom. The number of β-amino-alcohol motifs (C(OH)–C–C–N with tert-alkyl or cyclic N) is 1. The molecule has 0 aromatic heterocycles. The average molecular weight is 431 g/mol. The molecule has 3 aromatic carbocycles. The van der Waals surface area contributed by atoms with E-state index in [4.69, 9.17) is 27.9 Å². The molecule has 0 radical (unpaired) electrons. The van der Waals surface area contributed by atoms with Crippen molar-refractivity contribution in [3.05, 3.63) is 70.7 Å². The van der Waals surface area contributed by atoms with Gasteiger partial charge in [-0.15, -0.1) is 0 Å². The summed E-state index contributed by atoms with van der Waals surface area (Å²) in [6, 6.07) is 19.7. The van der Waals surface area contributed by atoms with E-state index in [2.05, 4.69) is 21.9 Å². The van der Waals surface area contributed by atoms with Gasteiger partial charge in [-0.05, 0) is 41.1 Å². The first-order valence-corrected chi connectivity index (χ1v) is 10.6. The summed E-state index contributed by atoms with van der Waals surface area (Å²) < 4.78 is 5.82. The van der Waals surface area contributed by atoms with E-state index in [1.807, 2.05) is 42.5 Å². The number of halogens is 2. The van der Waals surface area contributed by atoms with Crippen LogP contribution in [0.1, 0.15) is 0 Å². The highest BCUT2D eigenvalue weighted by Gasteiger charge is 2.21. The molecular weight excluding hydrogens is 407 g/mol. The Bertz CT molecular complexity index is 974. The van der Waals surface area contributed by atoms with Crippen LogP contribution in [0.4, 0.5) is 5.69 Å². The molecule has 152 valence electrons. The van der Waals surface area contributed by atoms with Gasteiger partial charge in [-0.2, -0.15) is 0 Å². The van der Waals surface area contributed by atoms with Gasteiger partial charge in [0.15, 0.2) is 0 Å². The van der Waals surface area contributed by atoms with Crippen LogP contribution in [0.3, 0.4) is 0 Å². The molecule has 0 bridgehead atoms. The second-order valence-electron chi connectivity index (χ2n) is 7.36. The maximum atomic E-state index is 10.4. The van der Waals surface area contributed by atoms with Crippen molar-refractivity contribution in [2.45, 2.75) is 6.10 Å². The third kappa shape index (κ3) is 5.14. The van der Waals surface area contributed by atoms with Crippen LogP contribution in [0.15, 0.2) is 60.7 Å². The van der Waals surface area contributed by atoms with Crippen molar-refractivity contribution in [3.8, 4) is 5.75 Å². The summed E-state index contributed by atoms with van der Waals surface area (Å²) in [6.45, 7) is 4.27. The van der Waals surface area contributed by atoms with E-state index in [1.54, 1.807) is 6.07 Å². The minimum atomic E-state index is -0.539. The van der Waals surface area contributed by atoms with Crippen LogP contribution in [0.2, 0.25) is 10.0 Å². The van der Waals surface area contributed by atoms with E-state index in [9.17, 15) is 5.11 Å². The number of hydrogen-bond donors (Lipinski definition) is 1. The number of ether oxygens (including phenoxy) is 1. The second-order valence-corrected chi connectivity index (χ2v) is 8.20. The fourth-order valence-corrected chi connectivity index (χ4v) is 4.10. The van der Waals surface area contributed by atoms with Crippen LogP contribution >= 0.6 is 23.2 Å². The molecule has 1 aliphatic heterocycles. The quantitative estimate of drug-likeness (QED) is 0.614. The fraction of sp³-hybridized carbons (Fsp3) is 0.304. The summed E-state index contributed by atoms with van der Waals surface area (Å²) >= 11 is 12.4. The van der Waals surface area contributed by atoms with Gasteiger partial charge >= 0.3 is 0 Å². The fourth-order valence-electron chi connectivity index (χ4n) is 3.70. The number of rotatable bonds is 6. The number of fused-ring (bicyclic) bond motifs is 1. The summed E-state index contributed by atoms with van der Waals surface area (Å²) in [4.78, 5) is 4.49. The van der Waals surface area contributed by atoms with E-state index in [0.29, 0.717) is 16.6 Å². The highest BCUT2D eigenvalue weighted by molar-refractivity contribution is 6.35. The van der Waals surface area contributed by atoms with Crippen molar-refractivity contribution in [3.63, 3.8) is 0 Å². The summed E-state index contributed by atoms with van der Waals surface area (Å²) in [7, 11) is 0. The van der Waals surface area contributed by atoms with Crippen molar-refractivity contribution in [1.82, 2.24) is 4.90 Å². The molecule has 1 atom stereocenters. The molecular formula is C23H24Cl2N2O2. The molecule has 4 rings (SSSR count). The monoisotopic (exact) mass is 430 g/mol. The molecule has 0 saturated carbocycles. The minimum absolute atomic E-state index is 0.276. The summed E-state index contributed by atoms with van der Waals surface area (Å²) in [5, 5.41) is 14.1. The zero-order valence-corrected chi connectivity index (χ0v) is 17.6. The Balaban J connectivity index is 1.26. The Morgan fingerprint density at radius 1 is 0.897 bits per heavy atom.